The third-order valence-electron chi connectivity index (χ3n) is 7.48. The zero-order chi connectivity index (χ0) is 25.4. The summed E-state index contributed by atoms with van der Waals surface area (Å²) in [5, 5.41) is 4.67. The van der Waals surface area contributed by atoms with Crippen LogP contribution in [0.4, 0.5) is 17.1 Å². The van der Waals surface area contributed by atoms with Gasteiger partial charge in [-0.05, 0) is 72.7 Å². The first kappa shape index (κ1) is 22.7. The minimum absolute atomic E-state index is 0.0942. The van der Waals surface area contributed by atoms with Gasteiger partial charge in [0.1, 0.15) is 0 Å². The van der Waals surface area contributed by atoms with Crippen LogP contribution in [0.1, 0.15) is 48.6 Å². The molecule has 0 saturated heterocycles. The second-order valence-electron chi connectivity index (χ2n) is 11.4. The molecular formula is C34H33NO. The van der Waals surface area contributed by atoms with Crippen molar-refractivity contribution in [2.45, 2.75) is 53.9 Å². The number of fused-ring (bicyclic) bond motifs is 6. The monoisotopic (exact) mass is 471 g/mol. The van der Waals surface area contributed by atoms with E-state index in [-0.39, 0.29) is 5.41 Å². The van der Waals surface area contributed by atoms with Gasteiger partial charge >= 0.3 is 0 Å². The van der Waals surface area contributed by atoms with E-state index in [2.05, 4.69) is 126 Å². The highest BCUT2D eigenvalue weighted by molar-refractivity contribution is 6.04. The van der Waals surface area contributed by atoms with Crippen LogP contribution in [0, 0.1) is 27.7 Å². The fourth-order valence-electron chi connectivity index (χ4n) is 5.60. The molecule has 1 aliphatic rings. The summed E-state index contributed by atoms with van der Waals surface area (Å²) in [6.45, 7) is 15.6. The summed E-state index contributed by atoms with van der Waals surface area (Å²) in [6, 6.07) is 26.8. The maximum absolute atomic E-state index is 6.85. The molecule has 0 atom stereocenters. The first-order chi connectivity index (χ1) is 17.1. The van der Waals surface area contributed by atoms with Crippen LogP contribution in [0.25, 0.3) is 21.5 Å². The third-order valence-corrected chi connectivity index (χ3v) is 7.48. The molecule has 5 aromatic rings. The predicted molar refractivity (Wildman–Crippen MR) is 154 cm³/mol. The van der Waals surface area contributed by atoms with Crippen molar-refractivity contribution in [1.82, 2.24) is 0 Å². The van der Waals surface area contributed by atoms with Gasteiger partial charge in [-0.3, -0.25) is 0 Å². The van der Waals surface area contributed by atoms with Crippen molar-refractivity contribution in [3.05, 3.63) is 101 Å². The number of aryl methyl sites for hydroxylation is 4. The highest BCUT2D eigenvalue weighted by atomic mass is 16.5. The topological polar surface area (TPSA) is 12.5 Å². The second-order valence-corrected chi connectivity index (χ2v) is 11.4. The average Bonchev–Trinajstić information content (AvgIpc) is 2.81. The Morgan fingerprint density at radius 1 is 0.583 bits per heavy atom. The van der Waals surface area contributed by atoms with Crippen LogP contribution in [0.2, 0.25) is 0 Å². The van der Waals surface area contributed by atoms with E-state index in [4.69, 9.17) is 4.74 Å². The number of hydrogen-bond donors (Lipinski definition) is 0. The van der Waals surface area contributed by atoms with Gasteiger partial charge < -0.3 is 9.64 Å². The smallest absolute Gasteiger partial charge is 0.159 e. The molecule has 0 spiro atoms. The van der Waals surface area contributed by atoms with Gasteiger partial charge in [-0.25, -0.2) is 0 Å². The molecule has 0 N–H and O–H groups in total. The van der Waals surface area contributed by atoms with E-state index in [1.165, 1.54) is 44.3 Å². The van der Waals surface area contributed by atoms with E-state index in [1.807, 2.05) is 0 Å². The molecule has 0 bridgehead atoms. The lowest BCUT2D eigenvalue weighted by Crippen LogP contribution is -2.19. The van der Waals surface area contributed by atoms with Crippen LogP contribution < -0.4 is 9.64 Å². The van der Waals surface area contributed by atoms with Crippen LogP contribution in [-0.2, 0) is 5.41 Å². The van der Waals surface area contributed by atoms with Gasteiger partial charge in [0.15, 0.2) is 11.5 Å². The lowest BCUT2D eigenvalue weighted by molar-refractivity contribution is 0.488. The molecule has 0 saturated carbocycles. The summed E-state index contributed by atoms with van der Waals surface area (Å²) < 4.78 is 6.85. The van der Waals surface area contributed by atoms with Crippen molar-refractivity contribution in [3.8, 4) is 11.5 Å². The summed E-state index contributed by atoms with van der Waals surface area (Å²) in [7, 11) is 0. The number of ether oxygens (including phenoxy) is 1. The van der Waals surface area contributed by atoms with Crippen molar-refractivity contribution < 1.29 is 4.74 Å². The maximum atomic E-state index is 6.85. The van der Waals surface area contributed by atoms with Crippen molar-refractivity contribution >= 4 is 38.6 Å². The molecular weight excluding hydrogens is 438 g/mol. The summed E-state index contributed by atoms with van der Waals surface area (Å²) >= 11 is 0. The van der Waals surface area contributed by atoms with Gasteiger partial charge in [-0.15, -0.1) is 0 Å². The van der Waals surface area contributed by atoms with Gasteiger partial charge in [-0.1, -0.05) is 92.6 Å². The summed E-state index contributed by atoms with van der Waals surface area (Å²) in [6.07, 6.45) is 0. The number of anilines is 3. The molecule has 0 radical (unpaired) electrons. The Kier molecular flexibility index (Phi) is 4.95. The first-order valence-electron chi connectivity index (χ1n) is 12.8. The zero-order valence-electron chi connectivity index (χ0n) is 22.3. The fraction of sp³-hybridized carbons (Fsp3) is 0.235. The molecule has 2 nitrogen and oxygen atoms in total. The fourth-order valence-corrected chi connectivity index (χ4v) is 5.60. The molecule has 36 heavy (non-hydrogen) atoms. The van der Waals surface area contributed by atoms with Crippen molar-refractivity contribution in [3.63, 3.8) is 0 Å². The van der Waals surface area contributed by atoms with E-state index >= 15 is 0 Å². The van der Waals surface area contributed by atoms with Gasteiger partial charge in [0.2, 0.25) is 0 Å². The van der Waals surface area contributed by atoms with Crippen molar-refractivity contribution in [2.75, 3.05) is 4.90 Å². The molecule has 180 valence electrons. The molecule has 5 aromatic carbocycles. The first-order valence-corrected chi connectivity index (χ1v) is 12.8. The lowest BCUT2D eigenvalue weighted by atomic mass is 9.84. The summed E-state index contributed by atoms with van der Waals surface area (Å²) in [5.41, 5.74) is 9.89. The normalized spacial score (nSPS) is 13.0. The molecule has 0 aliphatic carbocycles. The number of rotatable bonds is 1. The molecule has 0 amide bonds. The molecule has 0 unspecified atom stereocenters. The molecule has 6 rings (SSSR count). The molecule has 1 heterocycles. The standard InChI is InChI=1S/C34H33NO/c1-20-8-12-27-24(16-20)10-14-29-32(27)36-33-28-13-9-21(2)17-25(28)11-15-30(33)35(29)31-22(3)18-26(19-23(31)4)34(5,6)7/h8-19H,1-7H3. The highest BCUT2D eigenvalue weighted by Crippen LogP contribution is 2.56. The average molecular weight is 472 g/mol. The van der Waals surface area contributed by atoms with Gasteiger partial charge in [0, 0.05) is 10.8 Å². The Morgan fingerprint density at radius 2 is 1.06 bits per heavy atom. The Balaban J connectivity index is 1.69. The van der Waals surface area contributed by atoms with Crippen LogP contribution in [0.15, 0.2) is 72.8 Å². The van der Waals surface area contributed by atoms with Crippen molar-refractivity contribution in [1.29, 1.82) is 0 Å². The van der Waals surface area contributed by atoms with Crippen LogP contribution in [-0.4, -0.2) is 0 Å². The van der Waals surface area contributed by atoms with Crippen LogP contribution in [0.5, 0.6) is 11.5 Å². The molecule has 0 aromatic heterocycles. The lowest BCUT2D eigenvalue weighted by Gasteiger charge is -2.36. The number of hydrogen-bond acceptors (Lipinski definition) is 2. The van der Waals surface area contributed by atoms with E-state index in [1.54, 1.807) is 0 Å². The Hall–Kier alpha value is -3.78. The van der Waals surface area contributed by atoms with Gasteiger partial charge in [0.05, 0.1) is 17.1 Å². The predicted octanol–water partition coefficient (Wildman–Crippen LogP) is 10.1. The Morgan fingerprint density at radius 3 is 1.50 bits per heavy atom. The van der Waals surface area contributed by atoms with E-state index < -0.39 is 0 Å². The maximum Gasteiger partial charge on any atom is 0.159 e. The second kappa shape index (κ2) is 7.86. The largest absolute Gasteiger partial charge is 0.452 e. The minimum atomic E-state index is 0.0942. The molecule has 1 aliphatic heterocycles. The van der Waals surface area contributed by atoms with E-state index in [0.717, 1.165) is 33.6 Å². The molecule has 0 fully saturated rings. The Labute approximate surface area is 214 Å². The number of nitrogens with zero attached hydrogens (tertiary/aromatic N) is 1. The van der Waals surface area contributed by atoms with Gasteiger partial charge in [0.25, 0.3) is 0 Å². The Bertz CT molecular complexity index is 1570. The quantitative estimate of drug-likeness (QED) is 0.236. The van der Waals surface area contributed by atoms with E-state index in [0.29, 0.717) is 0 Å². The van der Waals surface area contributed by atoms with Crippen LogP contribution >= 0.6 is 0 Å². The van der Waals surface area contributed by atoms with Gasteiger partial charge in [-0.2, -0.15) is 0 Å². The SMILES string of the molecule is Cc1ccc2c3c(ccc2c1)N(c1c(C)cc(C(C)(C)C)cc1C)c1ccc2cc(C)ccc2c1O3. The van der Waals surface area contributed by atoms with E-state index in [9.17, 15) is 0 Å². The minimum Gasteiger partial charge on any atom is -0.452 e. The summed E-state index contributed by atoms with van der Waals surface area (Å²) in [4.78, 5) is 2.42. The highest BCUT2D eigenvalue weighted by Gasteiger charge is 2.31. The molecule has 2 heteroatoms. The number of benzene rings is 5. The summed E-state index contributed by atoms with van der Waals surface area (Å²) in [5.74, 6) is 1.85. The van der Waals surface area contributed by atoms with Crippen LogP contribution in [0.3, 0.4) is 0 Å². The zero-order valence-corrected chi connectivity index (χ0v) is 22.3. The van der Waals surface area contributed by atoms with Crippen molar-refractivity contribution in [2.24, 2.45) is 0 Å². The third kappa shape index (κ3) is 3.47.